The Kier molecular flexibility index (Phi) is 6.35. The van der Waals surface area contributed by atoms with Gasteiger partial charge in [-0.15, -0.1) is 0 Å². The first-order valence-electron chi connectivity index (χ1n) is 7.70. The van der Waals surface area contributed by atoms with Crippen molar-refractivity contribution >= 4 is 12.0 Å². The Hall–Kier alpha value is -1.62. The number of ether oxygens (including phenoxy) is 1. The molecule has 0 aromatic heterocycles. The van der Waals surface area contributed by atoms with E-state index in [1.54, 1.807) is 13.0 Å². The minimum absolute atomic E-state index is 0.136. The molecular formula is C17H27NO4. The van der Waals surface area contributed by atoms with Crippen molar-refractivity contribution < 1.29 is 19.4 Å². The average molecular weight is 309 g/mol. The standard InChI is InChI=1S/C17H27NO4/c1-7-11(4)15(19)12(5)8-13(6)16(20)18-14(10(2)3)9-22-17(18)21/h7-8,10,12,14-15,19H,9H2,1-6H3/b11-7+,13-8+/t12-,14-,15+/m0/s1. The van der Waals surface area contributed by atoms with Gasteiger partial charge in [-0.3, -0.25) is 4.79 Å². The Bertz CT molecular complexity index is 493. The second kappa shape index (κ2) is 7.58. The molecule has 2 amide bonds. The summed E-state index contributed by atoms with van der Waals surface area (Å²) >= 11 is 0. The fourth-order valence-corrected chi connectivity index (χ4v) is 2.49. The maximum atomic E-state index is 12.5. The summed E-state index contributed by atoms with van der Waals surface area (Å²) in [6.07, 6.45) is 2.33. The molecule has 22 heavy (non-hydrogen) atoms. The zero-order valence-corrected chi connectivity index (χ0v) is 14.3. The summed E-state index contributed by atoms with van der Waals surface area (Å²) < 4.78 is 5.00. The lowest BCUT2D eigenvalue weighted by atomic mass is 9.95. The van der Waals surface area contributed by atoms with Crippen LogP contribution in [0.1, 0.15) is 41.5 Å². The van der Waals surface area contributed by atoms with Crippen LogP contribution in [0, 0.1) is 11.8 Å². The van der Waals surface area contributed by atoms with Crippen molar-refractivity contribution in [2.45, 2.75) is 53.7 Å². The summed E-state index contributed by atoms with van der Waals surface area (Å²) in [6, 6.07) is -0.235. The summed E-state index contributed by atoms with van der Waals surface area (Å²) in [5.74, 6) is -0.425. The zero-order valence-electron chi connectivity index (χ0n) is 14.3. The summed E-state index contributed by atoms with van der Waals surface area (Å²) in [5, 5.41) is 10.1. The third-order valence-electron chi connectivity index (χ3n) is 4.16. The second-order valence-corrected chi connectivity index (χ2v) is 6.25. The fourth-order valence-electron chi connectivity index (χ4n) is 2.49. The molecule has 0 aliphatic carbocycles. The minimum atomic E-state index is -0.640. The molecular weight excluding hydrogens is 282 g/mol. The number of carbonyl (C=O) groups is 2. The Morgan fingerprint density at radius 3 is 2.45 bits per heavy atom. The Morgan fingerprint density at radius 2 is 1.95 bits per heavy atom. The van der Waals surface area contributed by atoms with Crippen LogP contribution in [0.3, 0.4) is 0 Å². The quantitative estimate of drug-likeness (QED) is 0.626. The number of rotatable bonds is 5. The van der Waals surface area contributed by atoms with Crippen LogP contribution in [-0.4, -0.2) is 40.8 Å². The Balaban J connectivity index is 2.91. The van der Waals surface area contributed by atoms with Gasteiger partial charge in [0.2, 0.25) is 0 Å². The first-order chi connectivity index (χ1) is 10.2. The predicted molar refractivity (Wildman–Crippen MR) is 85.2 cm³/mol. The molecule has 1 saturated heterocycles. The van der Waals surface area contributed by atoms with Crippen molar-refractivity contribution in [1.82, 2.24) is 4.90 Å². The maximum absolute atomic E-state index is 12.5. The molecule has 0 saturated carbocycles. The third kappa shape index (κ3) is 3.97. The monoisotopic (exact) mass is 309 g/mol. The van der Waals surface area contributed by atoms with Gasteiger partial charge in [0.1, 0.15) is 6.61 Å². The molecule has 1 rings (SSSR count). The van der Waals surface area contributed by atoms with Crippen molar-refractivity contribution in [3.8, 4) is 0 Å². The van der Waals surface area contributed by atoms with Crippen LogP contribution in [0.5, 0.6) is 0 Å². The highest BCUT2D eigenvalue weighted by molar-refractivity contribution is 6.03. The molecule has 0 spiro atoms. The summed E-state index contributed by atoms with van der Waals surface area (Å²) in [7, 11) is 0. The van der Waals surface area contributed by atoms with Crippen molar-refractivity contribution in [2.24, 2.45) is 11.8 Å². The zero-order chi connectivity index (χ0) is 17.0. The molecule has 1 aliphatic rings. The molecule has 1 aliphatic heterocycles. The first kappa shape index (κ1) is 18.4. The van der Waals surface area contributed by atoms with Crippen LogP contribution in [0.2, 0.25) is 0 Å². The largest absolute Gasteiger partial charge is 0.447 e. The highest BCUT2D eigenvalue weighted by Crippen LogP contribution is 2.23. The van der Waals surface area contributed by atoms with Crippen molar-refractivity contribution in [2.75, 3.05) is 6.61 Å². The number of hydrogen-bond donors (Lipinski definition) is 1. The first-order valence-corrected chi connectivity index (χ1v) is 7.70. The third-order valence-corrected chi connectivity index (χ3v) is 4.16. The highest BCUT2D eigenvalue weighted by Gasteiger charge is 2.39. The van der Waals surface area contributed by atoms with Crippen LogP contribution in [0.25, 0.3) is 0 Å². The molecule has 1 fully saturated rings. The Morgan fingerprint density at radius 1 is 1.36 bits per heavy atom. The predicted octanol–water partition coefficient (Wildman–Crippen LogP) is 2.90. The van der Waals surface area contributed by atoms with E-state index in [0.29, 0.717) is 5.57 Å². The van der Waals surface area contributed by atoms with Gasteiger partial charge in [0, 0.05) is 11.5 Å². The fraction of sp³-hybridized carbons (Fsp3) is 0.647. The van der Waals surface area contributed by atoms with E-state index in [0.717, 1.165) is 5.57 Å². The molecule has 0 unspecified atom stereocenters. The minimum Gasteiger partial charge on any atom is -0.447 e. The van der Waals surface area contributed by atoms with Crippen LogP contribution in [0.4, 0.5) is 4.79 Å². The maximum Gasteiger partial charge on any atom is 0.417 e. The van der Waals surface area contributed by atoms with Gasteiger partial charge in [0.15, 0.2) is 0 Å². The topological polar surface area (TPSA) is 66.8 Å². The number of cyclic esters (lactones) is 1. The number of aliphatic hydroxyl groups is 1. The van der Waals surface area contributed by atoms with E-state index in [4.69, 9.17) is 4.74 Å². The van der Waals surface area contributed by atoms with Gasteiger partial charge < -0.3 is 9.84 Å². The molecule has 0 aromatic carbocycles. The summed E-state index contributed by atoms with van der Waals surface area (Å²) in [4.78, 5) is 25.5. The average Bonchev–Trinajstić information content (AvgIpc) is 2.86. The number of carbonyl (C=O) groups excluding carboxylic acids is 2. The molecule has 0 radical (unpaired) electrons. The van der Waals surface area contributed by atoms with Crippen molar-refractivity contribution in [3.05, 3.63) is 23.3 Å². The molecule has 5 heteroatoms. The molecule has 0 aromatic rings. The van der Waals surface area contributed by atoms with Crippen LogP contribution in [0.15, 0.2) is 23.3 Å². The summed E-state index contributed by atoms with van der Waals surface area (Å²) in [6.45, 7) is 11.4. The number of allylic oxidation sites excluding steroid dienone is 1. The van der Waals surface area contributed by atoms with Crippen LogP contribution < -0.4 is 0 Å². The van der Waals surface area contributed by atoms with Gasteiger partial charge in [-0.25, -0.2) is 9.69 Å². The van der Waals surface area contributed by atoms with Crippen LogP contribution >= 0.6 is 0 Å². The van der Waals surface area contributed by atoms with Crippen molar-refractivity contribution in [1.29, 1.82) is 0 Å². The van der Waals surface area contributed by atoms with Gasteiger partial charge in [-0.2, -0.15) is 0 Å². The number of imide groups is 1. The molecule has 1 heterocycles. The number of nitrogens with zero attached hydrogens (tertiary/aromatic N) is 1. The van der Waals surface area contributed by atoms with Gasteiger partial charge in [0.25, 0.3) is 5.91 Å². The van der Waals surface area contributed by atoms with E-state index in [2.05, 4.69) is 0 Å². The normalized spacial score (nSPS) is 22.8. The van der Waals surface area contributed by atoms with E-state index in [-0.39, 0.29) is 30.4 Å². The highest BCUT2D eigenvalue weighted by atomic mass is 16.6. The molecule has 5 nitrogen and oxygen atoms in total. The van der Waals surface area contributed by atoms with Crippen molar-refractivity contribution in [3.63, 3.8) is 0 Å². The lowest BCUT2D eigenvalue weighted by Gasteiger charge is -2.23. The lowest BCUT2D eigenvalue weighted by molar-refractivity contribution is -0.125. The van der Waals surface area contributed by atoms with E-state index in [1.165, 1.54) is 4.90 Å². The van der Waals surface area contributed by atoms with Gasteiger partial charge in [-0.1, -0.05) is 32.9 Å². The van der Waals surface area contributed by atoms with Crippen LogP contribution in [-0.2, 0) is 9.53 Å². The van der Waals surface area contributed by atoms with E-state index in [1.807, 2.05) is 40.7 Å². The number of aliphatic hydroxyl groups excluding tert-OH is 1. The van der Waals surface area contributed by atoms with Gasteiger partial charge >= 0.3 is 6.09 Å². The van der Waals surface area contributed by atoms with Gasteiger partial charge in [-0.05, 0) is 32.3 Å². The second-order valence-electron chi connectivity index (χ2n) is 6.25. The summed E-state index contributed by atoms with van der Waals surface area (Å²) in [5.41, 5.74) is 1.30. The number of hydrogen-bond acceptors (Lipinski definition) is 4. The SMILES string of the molecule is C/C=C(\C)[C@@H](O)[C@@H](C)/C=C(\C)C(=O)N1C(=O)OC[C@H]1C(C)C. The number of amides is 2. The molecule has 1 N–H and O–H groups in total. The smallest absolute Gasteiger partial charge is 0.417 e. The molecule has 0 bridgehead atoms. The van der Waals surface area contributed by atoms with E-state index in [9.17, 15) is 14.7 Å². The Labute approximate surface area is 132 Å². The van der Waals surface area contributed by atoms with E-state index < -0.39 is 12.2 Å². The molecule has 3 atom stereocenters. The lowest BCUT2D eigenvalue weighted by Crippen LogP contribution is -2.42. The van der Waals surface area contributed by atoms with Gasteiger partial charge in [0.05, 0.1) is 12.1 Å². The van der Waals surface area contributed by atoms with E-state index >= 15 is 0 Å². The molecule has 124 valence electrons.